The Morgan fingerprint density at radius 3 is 2.02 bits per heavy atom. The molecule has 2 aromatic heterocycles. The molecule has 0 radical (unpaired) electrons. The van der Waals surface area contributed by atoms with Gasteiger partial charge in [-0.15, -0.1) is 0 Å². The molecular formula is C33H46N4O7. The number of nitrogens with one attached hydrogen (secondary N) is 1. The van der Waals surface area contributed by atoms with Gasteiger partial charge in [0.15, 0.2) is 11.4 Å². The second-order valence-electron chi connectivity index (χ2n) is 11.6. The van der Waals surface area contributed by atoms with E-state index < -0.39 is 11.5 Å². The van der Waals surface area contributed by atoms with Crippen molar-refractivity contribution < 1.29 is 32.9 Å². The molecule has 0 saturated heterocycles. The highest BCUT2D eigenvalue weighted by molar-refractivity contribution is 6.03. The molecule has 4 rings (SSSR count). The molecule has 1 aliphatic rings. The Morgan fingerprint density at radius 2 is 1.48 bits per heavy atom. The van der Waals surface area contributed by atoms with E-state index in [0.717, 1.165) is 11.1 Å². The van der Waals surface area contributed by atoms with Gasteiger partial charge in [0.1, 0.15) is 5.76 Å². The van der Waals surface area contributed by atoms with Crippen molar-refractivity contribution in [3.05, 3.63) is 58.0 Å². The third-order valence-corrected chi connectivity index (χ3v) is 7.69. The topological polar surface area (TPSA) is 117 Å². The number of hydrogen-bond acceptors (Lipinski definition) is 10. The average molecular weight is 611 g/mol. The number of aromatic nitrogens is 2. The molecule has 1 amide bonds. The number of rotatable bonds is 15. The fraction of sp³-hybridized carbons (Fsp3) is 0.545. The van der Waals surface area contributed by atoms with Crippen molar-refractivity contribution in [3.8, 4) is 11.8 Å². The lowest BCUT2D eigenvalue weighted by Gasteiger charge is -2.24. The zero-order chi connectivity index (χ0) is 32.1. The Hall–Kier alpha value is -3.67. The lowest BCUT2D eigenvalue weighted by Crippen LogP contribution is -2.33. The number of amides is 1. The van der Waals surface area contributed by atoms with E-state index in [2.05, 4.69) is 62.0 Å². The number of aryl methyl sites for hydroxylation is 1. The van der Waals surface area contributed by atoms with Crippen molar-refractivity contribution in [2.45, 2.75) is 66.1 Å². The monoisotopic (exact) mass is 610 g/mol. The number of anilines is 2. The second kappa shape index (κ2) is 14.0. The predicted molar refractivity (Wildman–Crippen MR) is 168 cm³/mol. The fourth-order valence-electron chi connectivity index (χ4n) is 5.55. The maximum absolute atomic E-state index is 13.3. The van der Waals surface area contributed by atoms with Gasteiger partial charge in [0.25, 0.3) is 5.91 Å². The molecule has 0 spiro atoms. The predicted octanol–water partition coefficient (Wildman–Crippen LogP) is 5.62. The largest absolute Gasteiger partial charge is 0.479 e. The van der Waals surface area contributed by atoms with E-state index in [1.165, 1.54) is 25.3 Å². The van der Waals surface area contributed by atoms with Crippen molar-refractivity contribution in [2.75, 3.05) is 64.0 Å². The summed E-state index contributed by atoms with van der Waals surface area (Å²) in [5.74, 6) is 1.03. The third-order valence-electron chi connectivity index (χ3n) is 7.69. The van der Waals surface area contributed by atoms with Gasteiger partial charge in [-0.05, 0) is 82.9 Å². The van der Waals surface area contributed by atoms with Crippen molar-refractivity contribution in [1.82, 2.24) is 9.97 Å². The summed E-state index contributed by atoms with van der Waals surface area (Å²) in [7, 11) is 2.95. The molecule has 0 unspecified atom stereocenters. The highest BCUT2D eigenvalue weighted by atomic mass is 16.5. The number of methoxy groups -OCH3 is 2. The Balaban J connectivity index is 1.54. The minimum absolute atomic E-state index is 0.145. The number of carbonyl (C=O) groups excluding carboxylic acids is 1. The molecular weight excluding hydrogens is 564 g/mol. The summed E-state index contributed by atoms with van der Waals surface area (Å²) >= 11 is 0. The summed E-state index contributed by atoms with van der Waals surface area (Å²) in [6, 6.07) is 7.87. The van der Waals surface area contributed by atoms with Gasteiger partial charge < -0.3 is 38.3 Å². The van der Waals surface area contributed by atoms with Crippen molar-refractivity contribution in [2.24, 2.45) is 0 Å². The zero-order valence-electron chi connectivity index (χ0n) is 27.5. The summed E-state index contributed by atoms with van der Waals surface area (Å²) in [4.78, 5) is 24.4. The summed E-state index contributed by atoms with van der Waals surface area (Å²) in [5.41, 5.74) is 4.09. The van der Waals surface area contributed by atoms with Crippen molar-refractivity contribution in [1.29, 1.82) is 0 Å². The fourth-order valence-corrected chi connectivity index (χ4v) is 5.55. The van der Waals surface area contributed by atoms with Crippen LogP contribution in [0.5, 0.6) is 11.8 Å². The van der Waals surface area contributed by atoms with Crippen LogP contribution in [0.25, 0.3) is 0 Å². The minimum atomic E-state index is -0.476. The highest BCUT2D eigenvalue weighted by Crippen LogP contribution is 2.47. The first-order chi connectivity index (χ1) is 20.9. The van der Waals surface area contributed by atoms with Gasteiger partial charge in [0.05, 0.1) is 38.6 Å². The van der Waals surface area contributed by atoms with Gasteiger partial charge >= 0.3 is 0 Å². The van der Waals surface area contributed by atoms with Gasteiger partial charge in [0, 0.05) is 32.7 Å². The van der Waals surface area contributed by atoms with Crippen LogP contribution in [0.2, 0.25) is 0 Å². The molecule has 3 heterocycles. The maximum Gasteiger partial charge on any atom is 0.291 e. The summed E-state index contributed by atoms with van der Waals surface area (Å²) < 4.78 is 34.5. The van der Waals surface area contributed by atoms with Crippen molar-refractivity contribution >= 4 is 17.5 Å². The standard InChI is InChI=1S/C33H46N4O7/c1-10-41-16-14-37(15-17-42-11-2)31-35-29(39-8)27(30(36-31)40-9)34-28(38)26-13-12-23(43-26)19-22-20-25-24(18-21(22)3)32(4,5)44-33(25,6)7/h12-13,18,20H,10-11,14-17,19H2,1-9H3,(H,34,38). The van der Waals surface area contributed by atoms with Crippen LogP contribution in [-0.2, 0) is 31.8 Å². The second-order valence-corrected chi connectivity index (χ2v) is 11.6. The molecule has 0 fully saturated rings. The molecule has 1 aromatic carbocycles. The molecule has 1 aliphatic heterocycles. The highest BCUT2D eigenvalue weighted by Gasteiger charge is 2.43. The van der Waals surface area contributed by atoms with E-state index >= 15 is 0 Å². The van der Waals surface area contributed by atoms with Crippen molar-refractivity contribution in [3.63, 3.8) is 0 Å². The molecule has 0 aliphatic carbocycles. The number of carbonyl (C=O) groups is 1. The average Bonchev–Trinajstić information content (AvgIpc) is 3.51. The third kappa shape index (κ3) is 7.34. The lowest BCUT2D eigenvalue weighted by atomic mass is 9.86. The number of fused-ring (bicyclic) bond motifs is 1. The molecule has 3 aromatic rings. The normalized spacial score (nSPS) is 14.8. The van der Waals surface area contributed by atoms with Gasteiger partial charge in [-0.1, -0.05) is 12.1 Å². The van der Waals surface area contributed by atoms with E-state index in [4.69, 9.17) is 28.1 Å². The Morgan fingerprint density at radius 1 is 0.909 bits per heavy atom. The van der Waals surface area contributed by atoms with Crippen LogP contribution in [-0.4, -0.2) is 69.6 Å². The Labute approximate surface area is 260 Å². The summed E-state index contributed by atoms with van der Waals surface area (Å²) in [6.45, 7) is 17.6. The van der Waals surface area contributed by atoms with Crippen LogP contribution < -0.4 is 19.7 Å². The van der Waals surface area contributed by atoms with Gasteiger partial charge in [-0.3, -0.25) is 4.79 Å². The quantitative estimate of drug-likeness (QED) is 0.217. The first kappa shape index (κ1) is 33.2. The number of nitrogens with zero attached hydrogens (tertiary/aromatic N) is 3. The number of furan rings is 1. The molecule has 0 atom stereocenters. The summed E-state index contributed by atoms with van der Waals surface area (Å²) in [5, 5.41) is 2.82. The number of hydrogen-bond donors (Lipinski definition) is 1. The lowest BCUT2D eigenvalue weighted by molar-refractivity contribution is -0.105. The number of ether oxygens (including phenoxy) is 5. The first-order valence-electron chi connectivity index (χ1n) is 15.1. The van der Waals surface area contributed by atoms with Gasteiger partial charge in [0.2, 0.25) is 17.7 Å². The molecule has 0 saturated carbocycles. The van der Waals surface area contributed by atoms with E-state index in [1.807, 2.05) is 24.8 Å². The van der Waals surface area contributed by atoms with Crippen LogP contribution in [0, 0.1) is 6.92 Å². The van der Waals surface area contributed by atoms with Crippen LogP contribution >= 0.6 is 0 Å². The molecule has 11 heteroatoms. The minimum Gasteiger partial charge on any atom is -0.479 e. The van der Waals surface area contributed by atoms with Crippen LogP contribution in [0.4, 0.5) is 11.6 Å². The summed E-state index contributed by atoms with van der Waals surface area (Å²) in [6.07, 6.45) is 0.534. The van der Waals surface area contributed by atoms with E-state index in [-0.39, 0.29) is 28.8 Å². The molecule has 44 heavy (non-hydrogen) atoms. The molecule has 1 N–H and O–H groups in total. The first-order valence-corrected chi connectivity index (χ1v) is 15.1. The van der Waals surface area contributed by atoms with Crippen LogP contribution in [0.3, 0.4) is 0 Å². The molecule has 0 bridgehead atoms. The Kier molecular flexibility index (Phi) is 10.5. The number of benzene rings is 1. The van der Waals surface area contributed by atoms with E-state index in [9.17, 15) is 4.79 Å². The van der Waals surface area contributed by atoms with Crippen LogP contribution in [0.1, 0.15) is 80.1 Å². The Bertz CT molecular complexity index is 1410. The van der Waals surface area contributed by atoms with E-state index in [0.29, 0.717) is 57.6 Å². The van der Waals surface area contributed by atoms with Gasteiger partial charge in [-0.2, -0.15) is 9.97 Å². The molecule has 11 nitrogen and oxygen atoms in total. The zero-order valence-corrected chi connectivity index (χ0v) is 27.5. The van der Waals surface area contributed by atoms with E-state index in [1.54, 1.807) is 6.07 Å². The van der Waals surface area contributed by atoms with Gasteiger partial charge in [-0.25, -0.2) is 0 Å². The smallest absolute Gasteiger partial charge is 0.291 e. The maximum atomic E-state index is 13.3. The SMILES string of the molecule is CCOCCN(CCOCC)c1nc(OC)c(NC(=O)c2ccc(Cc3cc4c(cc3C)C(C)(C)OC4(C)C)o2)c(OC)n1. The molecule has 240 valence electrons. The van der Waals surface area contributed by atoms with Crippen LogP contribution in [0.15, 0.2) is 28.7 Å².